The molecule has 6 rings (SSSR count). The Balaban J connectivity index is 1.19. The minimum absolute atomic E-state index is 0.0153. The topological polar surface area (TPSA) is 188 Å². The highest BCUT2D eigenvalue weighted by atomic mass is 31.1. The van der Waals surface area contributed by atoms with Crippen LogP contribution in [-0.4, -0.2) is 68.2 Å². The Morgan fingerprint density at radius 2 is 2.00 bits per heavy atom. The standard InChI is InChI=1S/C32H30F3N6O8P/c1-16(29(42)47-13-18-8-10-19(33)12-21(18)34)40-50(44)49-25-20-7-5-4-6-17(20)9-11-22(25)46-14-23-26(35)32(2,43)30(48-23)41-15-37-24-27(41)38-31(36)39-28(24)45-3/h4-12,15-16,23,26,30,43H,13-14H2,1-3H3,(H2,36,38,39)/t16-,23+,26+,30?,32+/m0/s1. The van der Waals surface area contributed by atoms with Crippen LogP contribution in [0.1, 0.15) is 25.6 Å². The zero-order valence-corrected chi connectivity index (χ0v) is 27.6. The van der Waals surface area contributed by atoms with Gasteiger partial charge in [-0.05, 0) is 37.4 Å². The Labute approximate surface area is 283 Å². The Morgan fingerprint density at radius 1 is 1.22 bits per heavy atom. The quantitative estimate of drug-likeness (QED) is 0.146. The van der Waals surface area contributed by atoms with Crippen molar-refractivity contribution >= 4 is 42.0 Å². The van der Waals surface area contributed by atoms with Crippen molar-refractivity contribution in [1.29, 1.82) is 0 Å². The van der Waals surface area contributed by atoms with Crippen molar-refractivity contribution in [2.24, 2.45) is 4.74 Å². The average Bonchev–Trinajstić information content (AvgIpc) is 3.59. The van der Waals surface area contributed by atoms with Crippen LogP contribution in [0.2, 0.25) is 0 Å². The summed E-state index contributed by atoms with van der Waals surface area (Å²) >= 11 is 0. The van der Waals surface area contributed by atoms with Gasteiger partial charge < -0.3 is 34.7 Å². The third-order valence-corrected chi connectivity index (χ3v) is 8.82. The first-order valence-electron chi connectivity index (χ1n) is 15.0. The minimum Gasteiger partial charge on any atom is -0.575 e. The van der Waals surface area contributed by atoms with Crippen LogP contribution in [0, 0.1) is 11.6 Å². The van der Waals surface area contributed by atoms with Gasteiger partial charge in [0.05, 0.1) is 13.4 Å². The predicted octanol–water partition coefficient (Wildman–Crippen LogP) is 4.28. The number of halogens is 3. The highest BCUT2D eigenvalue weighted by molar-refractivity contribution is 7.34. The summed E-state index contributed by atoms with van der Waals surface area (Å²) in [6.45, 7) is 1.64. The van der Waals surface area contributed by atoms with E-state index in [9.17, 15) is 23.6 Å². The van der Waals surface area contributed by atoms with Gasteiger partial charge in [-0.25, -0.2) is 22.9 Å². The van der Waals surface area contributed by atoms with Crippen LogP contribution < -0.4 is 24.6 Å². The van der Waals surface area contributed by atoms with Crippen LogP contribution >= 0.6 is 8.17 Å². The number of esters is 1. The van der Waals surface area contributed by atoms with E-state index in [1.807, 2.05) is 0 Å². The number of rotatable bonds is 11. The SMILES string of the molecule is COc1nc(N)nc2c1ncn2C1O[C@H](COc2ccc3ccccc3c2O/[P+]([O-])=N/[C@@H](C)C(=O)OCc2ccc(F)cc2F)[C@@H](F)[C@@]1(C)O. The predicted molar refractivity (Wildman–Crippen MR) is 171 cm³/mol. The first kappa shape index (κ1) is 34.8. The molecule has 2 unspecified atom stereocenters. The third-order valence-electron chi connectivity index (χ3n) is 7.95. The largest absolute Gasteiger partial charge is 0.575 e. The molecule has 6 atom stereocenters. The van der Waals surface area contributed by atoms with E-state index in [-0.39, 0.29) is 40.1 Å². The van der Waals surface area contributed by atoms with Gasteiger partial charge in [0, 0.05) is 17.0 Å². The molecule has 18 heteroatoms. The monoisotopic (exact) mass is 714 g/mol. The third kappa shape index (κ3) is 6.85. The van der Waals surface area contributed by atoms with Gasteiger partial charge >= 0.3 is 14.1 Å². The fourth-order valence-electron chi connectivity index (χ4n) is 5.38. The van der Waals surface area contributed by atoms with Crippen LogP contribution in [0.3, 0.4) is 0 Å². The van der Waals surface area contributed by atoms with Crippen molar-refractivity contribution in [2.75, 3.05) is 19.5 Å². The number of nitrogens with zero attached hydrogens (tertiary/aromatic N) is 5. The maximum absolute atomic E-state index is 15.8. The lowest BCUT2D eigenvalue weighted by Gasteiger charge is -2.26. The average molecular weight is 715 g/mol. The van der Waals surface area contributed by atoms with E-state index in [4.69, 9.17) is 29.2 Å². The van der Waals surface area contributed by atoms with Crippen molar-refractivity contribution in [3.05, 3.63) is 78.1 Å². The Kier molecular flexibility index (Phi) is 9.75. The van der Waals surface area contributed by atoms with Crippen molar-refractivity contribution in [3.63, 3.8) is 0 Å². The normalized spacial score (nSPS) is 21.4. The van der Waals surface area contributed by atoms with Crippen molar-refractivity contribution in [3.8, 4) is 17.4 Å². The molecular formula is C32H30F3N6O8P. The number of anilines is 1. The number of imidazole rings is 1. The summed E-state index contributed by atoms with van der Waals surface area (Å²) < 4.78 is 75.9. The summed E-state index contributed by atoms with van der Waals surface area (Å²) in [6, 6.07) is 11.7. The number of alkyl halides is 1. The first-order chi connectivity index (χ1) is 23.9. The van der Waals surface area contributed by atoms with Gasteiger partial charge in [-0.15, -0.1) is 0 Å². The van der Waals surface area contributed by atoms with Gasteiger partial charge in [-0.2, -0.15) is 9.97 Å². The molecule has 1 aliphatic heterocycles. The lowest BCUT2D eigenvalue weighted by atomic mass is 9.98. The van der Waals surface area contributed by atoms with Crippen LogP contribution in [0.25, 0.3) is 21.9 Å². The molecule has 0 amide bonds. The maximum atomic E-state index is 15.8. The Bertz CT molecular complexity index is 2100. The molecule has 14 nitrogen and oxygen atoms in total. The second-order valence-corrected chi connectivity index (χ2v) is 12.3. The highest BCUT2D eigenvalue weighted by Gasteiger charge is 2.55. The summed E-state index contributed by atoms with van der Waals surface area (Å²) in [6.07, 6.45) is -3.29. The molecule has 0 radical (unpaired) electrons. The lowest BCUT2D eigenvalue weighted by Crippen LogP contribution is -2.42. The summed E-state index contributed by atoms with van der Waals surface area (Å²) in [7, 11) is -1.54. The van der Waals surface area contributed by atoms with E-state index in [1.54, 1.807) is 30.3 Å². The molecule has 1 saturated heterocycles. The van der Waals surface area contributed by atoms with Gasteiger partial charge in [-0.3, -0.25) is 9.09 Å². The summed E-state index contributed by atoms with van der Waals surface area (Å²) in [5.41, 5.74) is 4.04. The van der Waals surface area contributed by atoms with Gasteiger partial charge in [0.2, 0.25) is 17.6 Å². The highest BCUT2D eigenvalue weighted by Crippen LogP contribution is 2.44. The Morgan fingerprint density at radius 3 is 2.76 bits per heavy atom. The fraction of sp³-hybridized carbons (Fsp3) is 0.312. The van der Waals surface area contributed by atoms with Crippen LogP contribution in [0.15, 0.2) is 65.7 Å². The number of carbonyl (C=O) groups excluding carboxylic acids is 1. The number of carbonyl (C=O) groups is 1. The molecule has 2 aromatic heterocycles. The van der Waals surface area contributed by atoms with Crippen molar-refractivity contribution in [2.45, 2.75) is 50.6 Å². The van der Waals surface area contributed by atoms with Gasteiger partial charge in [0.25, 0.3) is 0 Å². The van der Waals surface area contributed by atoms with Crippen molar-refractivity contribution < 1.29 is 51.4 Å². The number of benzene rings is 3. The molecular weight excluding hydrogens is 684 g/mol. The number of nitrogen functional groups attached to an aromatic ring is 1. The van der Waals surface area contributed by atoms with E-state index in [1.165, 1.54) is 37.9 Å². The fourth-order valence-corrected chi connectivity index (χ4v) is 6.15. The second kappa shape index (κ2) is 14.0. The van der Waals surface area contributed by atoms with E-state index >= 15 is 4.39 Å². The molecule has 3 aromatic carbocycles. The van der Waals surface area contributed by atoms with Crippen LogP contribution in [0.4, 0.5) is 19.1 Å². The maximum Gasteiger partial charge on any atom is 0.395 e. The number of fused-ring (bicyclic) bond motifs is 2. The number of aromatic nitrogens is 4. The zero-order valence-electron chi connectivity index (χ0n) is 26.7. The number of hydrogen-bond donors (Lipinski definition) is 2. The van der Waals surface area contributed by atoms with E-state index < -0.39 is 69.1 Å². The summed E-state index contributed by atoms with van der Waals surface area (Å²) in [5.74, 6) is -2.62. The van der Waals surface area contributed by atoms with Crippen molar-refractivity contribution in [1.82, 2.24) is 19.5 Å². The first-order valence-corrected chi connectivity index (χ1v) is 16.2. The molecule has 262 valence electrons. The number of hydrogen-bond acceptors (Lipinski definition) is 13. The molecule has 0 bridgehead atoms. The molecule has 1 aliphatic rings. The number of methoxy groups -OCH3 is 1. The molecule has 3 heterocycles. The molecule has 3 N–H and O–H groups in total. The molecule has 5 aromatic rings. The second-order valence-electron chi connectivity index (χ2n) is 11.5. The minimum atomic E-state index is -2.91. The number of nitrogens with two attached hydrogens (primary N) is 1. The molecule has 0 saturated carbocycles. The lowest BCUT2D eigenvalue weighted by molar-refractivity contribution is -0.169. The molecule has 0 aliphatic carbocycles. The van der Waals surface area contributed by atoms with Gasteiger partial charge in [0.1, 0.15) is 36.6 Å². The van der Waals surface area contributed by atoms with Gasteiger partial charge in [-0.1, -0.05) is 35.1 Å². The van der Waals surface area contributed by atoms with E-state index in [0.717, 1.165) is 12.1 Å². The van der Waals surface area contributed by atoms with Crippen LogP contribution in [-0.2, 0) is 20.9 Å². The Hall–Kier alpha value is -5.09. The smallest absolute Gasteiger partial charge is 0.395 e. The van der Waals surface area contributed by atoms with E-state index in [2.05, 4.69) is 19.7 Å². The van der Waals surface area contributed by atoms with E-state index in [0.29, 0.717) is 16.8 Å². The van der Waals surface area contributed by atoms with Gasteiger partial charge in [0.15, 0.2) is 35.4 Å². The number of ether oxygens (including phenoxy) is 4. The summed E-state index contributed by atoms with van der Waals surface area (Å²) in [5, 5.41) is 12.4. The van der Waals surface area contributed by atoms with Crippen LogP contribution in [0.5, 0.6) is 17.4 Å². The molecule has 50 heavy (non-hydrogen) atoms. The number of aliphatic hydroxyl groups is 1. The molecule has 0 spiro atoms. The summed E-state index contributed by atoms with van der Waals surface area (Å²) in [4.78, 5) is 37.9. The molecule has 1 fully saturated rings. The zero-order chi connectivity index (χ0) is 35.7.